The lowest BCUT2D eigenvalue weighted by Gasteiger charge is -2.09. The van der Waals surface area contributed by atoms with Crippen LogP contribution in [0.25, 0.3) is 0 Å². The van der Waals surface area contributed by atoms with Gasteiger partial charge >= 0.3 is 0 Å². The van der Waals surface area contributed by atoms with Gasteiger partial charge in [0.15, 0.2) is 11.5 Å². The average molecular weight is 324 g/mol. The van der Waals surface area contributed by atoms with E-state index in [1.165, 1.54) is 0 Å². The first kappa shape index (κ1) is 17.3. The highest BCUT2D eigenvalue weighted by molar-refractivity contribution is 5.84. The lowest BCUT2D eigenvalue weighted by Crippen LogP contribution is -2.19. The zero-order valence-electron chi connectivity index (χ0n) is 13.6. The Labute approximate surface area is 141 Å². The Morgan fingerprint density at radius 1 is 1.21 bits per heavy atom. The Morgan fingerprint density at radius 2 is 2.00 bits per heavy atom. The van der Waals surface area contributed by atoms with E-state index in [-0.39, 0.29) is 12.3 Å². The van der Waals surface area contributed by atoms with Crippen LogP contribution in [0.2, 0.25) is 0 Å². The number of carbonyl (C=O) groups excluding carboxylic acids is 1. The first-order chi connectivity index (χ1) is 11.7. The van der Waals surface area contributed by atoms with Gasteiger partial charge < -0.3 is 9.47 Å². The third kappa shape index (κ3) is 5.28. The van der Waals surface area contributed by atoms with Crippen molar-refractivity contribution < 1.29 is 14.3 Å². The molecule has 0 aliphatic carbocycles. The third-order valence-electron chi connectivity index (χ3n) is 3.15. The number of hydrogen-bond donors (Lipinski definition) is 1. The summed E-state index contributed by atoms with van der Waals surface area (Å²) in [6.07, 6.45) is 3.51. The summed E-state index contributed by atoms with van der Waals surface area (Å²) in [5, 5.41) is 3.97. The van der Waals surface area contributed by atoms with E-state index in [9.17, 15) is 4.79 Å². The second-order valence-corrected chi connectivity index (χ2v) is 4.97. The van der Waals surface area contributed by atoms with Crippen molar-refractivity contribution in [2.75, 3.05) is 13.7 Å². The normalized spacial score (nSPS) is 10.4. The van der Waals surface area contributed by atoms with Crippen molar-refractivity contribution in [2.24, 2.45) is 5.10 Å². The second kappa shape index (κ2) is 9.15. The molecular formula is C19H20N2O3. The summed E-state index contributed by atoms with van der Waals surface area (Å²) in [5.74, 6) is 1.05. The SMILES string of the molecule is C=CCOc1ccc(/C=N\NC(=O)Cc2ccccc2)cc1OC. The smallest absolute Gasteiger partial charge is 0.244 e. The van der Waals surface area contributed by atoms with Crippen molar-refractivity contribution >= 4 is 12.1 Å². The number of nitrogens with one attached hydrogen (secondary N) is 1. The molecule has 0 atom stereocenters. The zero-order valence-corrected chi connectivity index (χ0v) is 13.6. The van der Waals surface area contributed by atoms with Gasteiger partial charge in [0.25, 0.3) is 0 Å². The van der Waals surface area contributed by atoms with E-state index in [1.807, 2.05) is 36.4 Å². The topological polar surface area (TPSA) is 59.9 Å². The summed E-state index contributed by atoms with van der Waals surface area (Å²) in [5.41, 5.74) is 4.24. The van der Waals surface area contributed by atoms with Gasteiger partial charge in [0, 0.05) is 0 Å². The molecule has 24 heavy (non-hydrogen) atoms. The standard InChI is InChI=1S/C19H20N2O3/c1-3-11-24-17-10-9-16(12-18(17)23-2)14-20-21-19(22)13-15-7-5-4-6-8-15/h3-10,12,14H,1,11,13H2,2H3,(H,21,22)/b20-14-. The molecule has 1 N–H and O–H groups in total. The van der Waals surface area contributed by atoms with E-state index >= 15 is 0 Å². The van der Waals surface area contributed by atoms with E-state index in [2.05, 4.69) is 17.1 Å². The van der Waals surface area contributed by atoms with Crippen LogP contribution in [0, 0.1) is 0 Å². The molecule has 0 saturated carbocycles. The van der Waals surface area contributed by atoms with Crippen molar-refractivity contribution in [3.63, 3.8) is 0 Å². The molecule has 0 saturated heterocycles. The minimum Gasteiger partial charge on any atom is -0.493 e. The molecule has 0 aliphatic rings. The molecular weight excluding hydrogens is 304 g/mol. The molecule has 2 rings (SSSR count). The summed E-state index contributed by atoms with van der Waals surface area (Å²) in [7, 11) is 1.57. The number of nitrogens with zero attached hydrogens (tertiary/aromatic N) is 1. The summed E-state index contributed by atoms with van der Waals surface area (Å²) >= 11 is 0. The summed E-state index contributed by atoms with van der Waals surface area (Å²) in [4.78, 5) is 11.8. The van der Waals surface area contributed by atoms with Crippen molar-refractivity contribution in [3.8, 4) is 11.5 Å². The van der Waals surface area contributed by atoms with Crippen LogP contribution >= 0.6 is 0 Å². The van der Waals surface area contributed by atoms with Crippen molar-refractivity contribution in [2.45, 2.75) is 6.42 Å². The van der Waals surface area contributed by atoms with Gasteiger partial charge in [0.2, 0.25) is 5.91 Å². The fraction of sp³-hybridized carbons (Fsp3) is 0.158. The van der Waals surface area contributed by atoms with Gasteiger partial charge in [-0.3, -0.25) is 4.79 Å². The van der Waals surface area contributed by atoms with Gasteiger partial charge in [-0.15, -0.1) is 0 Å². The lowest BCUT2D eigenvalue weighted by molar-refractivity contribution is -0.120. The molecule has 1 amide bonds. The molecule has 0 aromatic heterocycles. The van der Waals surface area contributed by atoms with Crippen molar-refractivity contribution in [1.29, 1.82) is 0 Å². The van der Waals surface area contributed by atoms with Crippen molar-refractivity contribution in [1.82, 2.24) is 5.43 Å². The van der Waals surface area contributed by atoms with Gasteiger partial charge in [0.1, 0.15) is 6.61 Å². The van der Waals surface area contributed by atoms with Crippen LogP contribution in [-0.2, 0) is 11.2 Å². The maximum Gasteiger partial charge on any atom is 0.244 e. The fourth-order valence-corrected chi connectivity index (χ4v) is 2.03. The maximum absolute atomic E-state index is 11.8. The number of amides is 1. The minimum atomic E-state index is -0.171. The Balaban J connectivity index is 1.93. The van der Waals surface area contributed by atoms with Crippen LogP contribution in [0.5, 0.6) is 11.5 Å². The summed E-state index contributed by atoms with van der Waals surface area (Å²) < 4.78 is 10.8. The maximum atomic E-state index is 11.8. The lowest BCUT2D eigenvalue weighted by atomic mass is 10.1. The molecule has 5 nitrogen and oxygen atoms in total. The van der Waals surface area contributed by atoms with Gasteiger partial charge in [-0.2, -0.15) is 5.10 Å². The van der Waals surface area contributed by atoms with E-state index in [0.717, 1.165) is 11.1 Å². The molecule has 5 heteroatoms. The molecule has 124 valence electrons. The number of benzene rings is 2. The highest BCUT2D eigenvalue weighted by Gasteiger charge is 2.05. The number of hydrazone groups is 1. The van der Waals surface area contributed by atoms with Crippen LogP contribution in [0.3, 0.4) is 0 Å². The van der Waals surface area contributed by atoms with Crippen molar-refractivity contribution in [3.05, 3.63) is 72.3 Å². The number of ether oxygens (including phenoxy) is 2. The zero-order chi connectivity index (χ0) is 17.2. The average Bonchev–Trinajstić information content (AvgIpc) is 2.61. The highest BCUT2D eigenvalue weighted by Crippen LogP contribution is 2.27. The first-order valence-electron chi connectivity index (χ1n) is 7.50. The quantitative estimate of drug-likeness (QED) is 0.461. The molecule has 0 heterocycles. The summed E-state index contributed by atoms with van der Waals surface area (Å²) in [6.45, 7) is 4.01. The predicted molar refractivity (Wildman–Crippen MR) is 94.6 cm³/mol. The largest absolute Gasteiger partial charge is 0.493 e. The number of carbonyl (C=O) groups is 1. The first-order valence-corrected chi connectivity index (χ1v) is 7.50. The van der Waals surface area contributed by atoms with E-state index in [0.29, 0.717) is 18.1 Å². The Kier molecular flexibility index (Phi) is 6.58. The molecule has 0 radical (unpaired) electrons. The van der Waals surface area contributed by atoms with Crippen LogP contribution in [0.1, 0.15) is 11.1 Å². The molecule has 0 unspecified atom stereocenters. The highest BCUT2D eigenvalue weighted by atomic mass is 16.5. The van der Waals surface area contributed by atoms with Crippen LogP contribution in [0.4, 0.5) is 0 Å². The van der Waals surface area contributed by atoms with Crippen LogP contribution in [0.15, 0.2) is 66.3 Å². The summed E-state index contributed by atoms with van der Waals surface area (Å²) in [6, 6.07) is 14.9. The van der Waals surface area contributed by atoms with Gasteiger partial charge in [-0.05, 0) is 29.3 Å². The molecule has 0 spiro atoms. The van der Waals surface area contributed by atoms with Crippen LogP contribution in [-0.4, -0.2) is 25.8 Å². The molecule has 0 fully saturated rings. The number of methoxy groups -OCH3 is 1. The Hall–Kier alpha value is -3.08. The predicted octanol–water partition coefficient (Wildman–Crippen LogP) is 2.95. The Morgan fingerprint density at radius 3 is 2.71 bits per heavy atom. The minimum absolute atomic E-state index is 0.171. The monoisotopic (exact) mass is 324 g/mol. The molecule has 2 aromatic carbocycles. The second-order valence-electron chi connectivity index (χ2n) is 4.97. The van der Waals surface area contributed by atoms with Gasteiger partial charge in [0.05, 0.1) is 19.7 Å². The van der Waals surface area contributed by atoms with E-state index < -0.39 is 0 Å². The molecule has 0 aliphatic heterocycles. The van der Waals surface area contributed by atoms with Gasteiger partial charge in [-0.25, -0.2) is 5.43 Å². The Bertz CT molecular complexity index is 712. The van der Waals surface area contributed by atoms with Gasteiger partial charge in [-0.1, -0.05) is 43.0 Å². The van der Waals surface area contributed by atoms with E-state index in [1.54, 1.807) is 31.5 Å². The molecule has 2 aromatic rings. The third-order valence-corrected chi connectivity index (χ3v) is 3.15. The fourth-order valence-electron chi connectivity index (χ4n) is 2.03. The number of rotatable bonds is 8. The molecule has 0 bridgehead atoms. The van der Waals surface area contributed by atoms with Crippen LogP contribution < -0.4 is 14.9 Å². The number of hydrogen-bond acceptors (Lipinski definition) is 4. The van der Waals surface area contributed by atoms with E-state index in [4.69, 9.17) is 9.47 Å².